The van der Waals surface area contributed by atoms with E-state index in [0.29, 0.717) is 0 Å². The minimum atomic E-state index is -0.945. The van der Waals surface area contributed by atoms with Gasteiger partial charge in [0.2, 0.25) is 5.91 Å². The Kier molecular flexibility index (Phi) is 4.10. The molecule has 0 aromatic heterocycles. The Labute approximate surface area is 84.7 Å². The molecule has 0 spiro atoms. The second-order valence-electron chi connectivity index (χ2n) is 4.45. The van der Waals surface area contributed by atoms with Gasteiger partial charge in [-0.3, -0.25) is 9.59 Å². The van der Waals surface area contributed by atoms with E-state index >= 15 is 0 Å². The molecule has 0 saturated heterocycles. The Bertz CT molecular complexity index is 234. The summed E-state index contributed by atoms with van der Waals surface area (Å²) in [6.07, 6.45) is 0. The van der Waals surface area contributed by atoms with Crippen LogP contribution in [0.3, 0.4) is 0 Å². The zero-order valence-electron chi connectivity index (χ0n) is 9.42. The summed E-state index contributed by atoms with van der Waals surface area (Å²) in [6, 6.07) is -0.350. The van der Waals surface area contributed by atoms with Gasteiger partial charge >= 0.3 is 5.97 Å². The van der Waals surface area contributed by atoms with Crippen molar-refractivity contribution in [3.63, 3.8) is 0 Å². The van der Waals surface area contributed by atoms with E-state index in [1.807, 2.05) is 13.8 Å². The first-order chi connectivity index (χ1) is 6.19. The third kappa shape index (κ3) is 3.01. The van der Waals surface area contributed by atoms with E-state index in [1.54, 1.807) is 13.8 Å². The van der Waals surface area contributed by atoms with Crippen LogP contribution in [-0.2, 0) is 9.59 Å². The molecule has 1 amide bonds. The zero-order chi connectivity index (χ0) is 11.5. The fourth-order valence-electron chi connectivity index (χ4n) is 1.53. The van der Waals surface area contributed by atoms with Gasteiger partial charge in [-0.25, -0.2) is 0 Å². The Morgan fingerprint density at radius 1 is 1.29 bits per heavy atom. The lowest BCUT2D eigenvalue weighted by molar-refractivity contribution is -0.149. The number of amides is 1. The summed E-state index contributed by atoms with van der Waals surface area (Å²) in [7, 11) is 0. The number of hydrogen-bond acceptors (Lipinski definition) is 2. The van der Waals surface area contributed by atoms with Crippen LogP contribution < -0.4 is 5.32 Å². The number of carboxylic acid groups (broad SMARTS) is 1. The molecule has 2 N–H and O–H groups in total. The molecule has 1 atom stereocenters. The van der Waals surface area contributed by atoms with Crippen LogP contribution in [0.15, 0.2) is 0 Å². The van der Waals surface area contributed by atoms with Crippen molar-refractivity contribution in [3.05, 3.63) is 0 Å². The molecule has 14 heavy (non-hydrogen) atoms. The molecule has 0 aliphatic heterocycles. The largest absolute Gasteiger partial charge is 0.481 e. The van der Waals surface area contributed by atoms with Crippen molar-refractivity contribution in [2.45, 2.75) is 40.7 Å². The van der Waals surface area contributed by atoms with Gasteiger partial charge in [-0.1, -0.05) is 13.8 Å². The summed E-state index contributed by atoms with van der Waals surface area (Å²) in [5.74, 6) is -1.01. The first-order valence-corrected chi connectivity index (χ1v) is 4.70. The van der Waals surface area contributed by atoms with Gasteiger partial charge in [0, 0.05) is 13.0 Å². The monoisotopic (exact) mass is 201 g/mol. The van der Waals surface area contributed by atoms with Crippen molar-refractivity contribution in [2.24, 2.45) is 11.3 Å². The van der Waals surface area contributed by atoms with E-state index in [9.17, 15) is 9.59 Å². The molecule has 0 saturated carbocycles. The Morgan fingerprint density at radius 2 is 1.71 bits per heavy atom. The Balaban J connectivity index is 4.81. The van der Waals surface area contributed by atoms with Crippen molar-refractivity contribution >= 4 is 11.9 Å². The van der Waals surface area contributed by atoms with Crippen LogP contribution >= 0.6 is 0 Å². The molecule has 4 heteroatoms. The summed E-state index contributed by atoms with van der Waals surface area (Å²) in [4.78, 5) is 21.9. The maximum atomic E-state index is 11.0. The number of carboxylic acids is 1. The average molecular weight is 201 g/mol. The lowest BCUT2D eigenvalue weighted by Gasteiger charge is -2.33. The molecular formula is C10H19NO3. The first-order valence-electron chi connectivity index (χ1n) is 4.70. The summed E-state index contributed by atoms with van der Waals surface area (Å²) in [6.45, 7) is 8.43. The molecular weight excluding hydrogens is 182 g/mol. The van der Waals surface area contributed by atoms with E-state index in [-0.39, 0.29) is 17.9 Å². The molecule has 0 unspecified atom stereocenters. The number of nitrogens with one attached hydrogen (secondary N) is 1. The third-order valence-corrected chi connectivity index (χ3v) is 2.35. The molecule has 0 aliphatic rings. The van der Waals surface area contributed by atoms with Gasteiger partial charge in [-0.2, -0.15) is 0 Å². The molecule has 0 aliphatic carbocycles. The average Bonchev–Trinajstić information content (AvgIpc) is 1.98. The molecule has 82 valence electrons. The van der Waals surface area contributed by atoms with Crippen molar-refractivity contribution < 1.29 is 14.7 Å². The minimum absolute atomic E-state index is 0.0880. The highest BCUT2D eigenvalue weighted by Crippen LogP contribution is 2.26. The number of carbonyl (C=O) groups is 2. The molecule has 0 heterocycles. The maximum absolute atomic E-state index is 11.0. The fourth-order valence-corrected chi connectivity index (χ4v) is 1.53. The van der Waals surface area contributed by atoms with Crippen LogP contribution in [-0.4, -0.2) is 23.0 Å². The second-order valence-corrected chi connectivity index (χ2v) is 4.45. The Hall–Kier alpha value is -1.06. The molecule has 4 nitrogen and oxygen atoms in total. The van der Waals surface area contributed by atoms with Crippen LogP contribution in [0.5, 0.6) is 0 Å². The van der Waals surface area contributed by atoms with Crippen LogP contribution in [0.2, 0.25) is 0 Å². The third-order valence-electron chi connectivity index (χ3n) is 2.35. The minimum Gasteiger partial charge on any atom is -0.481 e. The van der Waals surface area contributed by atoms with Crippen LogP contribution in [0.25, 0.3) is 0 Å². The lowest BCUT2D eigenvalue weighted by atomic mass is 9.78. The Morgan fingerprint density at radius 3 is 1.93 bits per heavy atom. The van der Waals surface area contributed by atoms with Crippen LogP contribution in [0.4, 0.5) is 0 Å². The lowest BCUT2D eigenvalue weighted by Crippen LogP contribution is -2.51. The van der Waals surface area contributed by atoms with Gasteiger partial charge in [0.25, 0.3) is 0 Å². The van der Waals surface area contributed by atoms with E-state index < -0.39 is 11.4 Å². The van der Waals surface area contributed by atoms with Crippen molar-refractivity contribution in [3.8, 4) is 0 Å². The smallest absolute Gasteiger partial charge is 0.311 e. The highest BCUT2D eigenvalue weighted by atomic mass is 16.4. The fraction of sp³-hybridized carbons (Fsp3) is 0.800. The second kappa shape index (κ2) is 4.44. The number of hydrogen-bond donors (Lipinski definition) is 2. The van der Waals surface area contributed by atoms with Crippen molar-refractivity contribution in [2.75, 3.05) is 0 Å². The van der Waals surface area contributed by atoms with E-state index in [1.165, 1.54) is 6.92 Å². The van der Waals surface area contributed by atoms with E-state index in [2.05, 4.69) is 5.32 Å². The van der Waals surface area contributed by atoms with Crippen molar-refractivity contribution in [1.82, 2.24) is 5.32 Å². The van der Waals surface area contributed by atoms with Crippen LogP contribution in [0.1, 0.15) is 34.6 Å². The molecule has 0 rings (SSSR count). The quantitative estimate of drug-likeness (QED) is 0.719. The molecule has 0 bridgehead atoms. The number of rotatable bonds is 4. The van der Waals surface area contributed by atoms with Gasteiger partial charge in [0.15, 0.2) is 0 Å². The van der Waals surface area contributed by atoms with Gasteiger partial charge in [0.05, 0.1) is 5.41 Å². The highest BCUT2D eigenvalue weighted by molar-refractivity contribution is 5.78. The summed E-state index contributed by atoms with van der Waals surface area (Å²) >= 11 is 0. The summed E-state index contributed by atoms with van der Waals surface area (Å²) in [5, 5.41) is 11.7. The summed E-state index contributed by atoms with van der Waals surface area (Å²) < 4.78 is 0. The predicted molar refractivity (Wildman–Crippen MR) is 53.9 cm³/mol. The number of carbonyl (C=O) groups excluding carboxylic acids is 1. The SMILES string of the molecule is CC(=O)N[C@@H](C(C)C)C(C)(C)C(=O)O. The van der Waals surface area contributed by atoms with Crippen LogP contribution in [0, 0.1) is 11.3 Å². The topological polar surface area (TPSA) is 66.4 Å². The van der Waals surface area contributed by atoms with Gasteiger partial charge in [0.1, 0.15) is 0 Å². The highest BCUT2D eigenvalue weighted by Gasteiger charge is 2.39. The van der Waals surface area contributed by atoms with Gasteiger partial charge in [-0.15, -0.1) is 0 Å². The molecule has 0 fully saturated rings. The standard InChI is InChI=1S/C10H19NO3/c1-6(2)8(11-7(3)12)10(4,5)9(13)14/h6,8H,1-5H3,(H,11,12)(H,13,14)/t8-/m0/s1. The molecule has 0 aromatic rings. The van der Waals surface area contributed by atoms with Gasteiger partial charge < -0.3 is 10.4 Å². The molecule has 0 aromatic carbocycles. The van der Waals surface area contributed by atoms with E-state index in [4.69, 9.17) is 5.11 Å². The first kappa shape index (κ1) is 12.9. The van der Waals surface area contributed by atoms with Crippen molar-refractivity contribution in [1.29, 1.82) is 0 Å². The maximum Gasteiger partial charge on any atom is 0.311 e. The normalized spacial score (nSPS) is 13.9. The number of aliphatic carboxylic acids is 1. The summed E-state index contributed by atoms with van der Waals surface area (Å²) in [5.41, 5.74) is -0.945. The zero-order valence-corrected chi connectivity index (χ0v) is 9.42. The van der Waals surface area contributed by atoms with Gasteiger partial charge in [-0.05, 0) is 19.8 Å². The molecule has 0 radical (unpaired) electrons. The van der Waals surface area contributed by atoms with E-state index in [0.717, 1.165) is 0 Å². The predicted octanol–water partition coefficient (Wildman–Crippen LogP) is 1.26.